The topological polar surface area (TPSA) is 40.2 Å². The van der Waals surface area contributed by atoms with Gasteiger partial charge >= 0.3 is 0 Å². The highest BCUT2D eigenvalue weighted by atomic mass is 16.5. The molecule has 3 nitrogen and oxygen atoms in total. The fourth-order valence-corrected chi connectivity index (χ4v) is 2.03. The van der Waals surface area contributed by atoms with Crippen LogP contribution in [0.25, 0.3) is 10.9 Å². The Hall–Kier alpha value is -1.32. The van der Waals surface area contributed by atoms with Crippen LogP contribution in [-0.2, 0) is 17.9 Å². The molecule has 0 saturated heterocycles. The summed E-state index contributed by atoms with van der Waals surface area (Å²) in [5.74, 6) is 0. The van der Waals surface area contributed by atoms with Gasteiger partial charge in [0.2, 0.25) is 0 Å². The molecule has 1 unspecified atom stereocenters. The largest absolute Gasteiger partial charge is 0.361 e. The van der Waals surface area contributed by atoms with Crippen LogP contribution in [0.2, 0.25) is 0 Å². The lowest BCUT2D eigenvalue weighted by Crippen LogP contribution is -2.17. The van der Waals surface area contributed by atoms with Crippen LogP contribution >= 0.6 is 0 Å². The lowest BCUT2D eigenvalue weighted by molar-refractivity contribution is 0.0909. The Morgan fingerprint density at radius 2 is 2.18 bits per heavy atom. The van der Waals surface area contributed by atoms with Crippen molar-refractivity contribution in [1.29, 1.82) is 0 Å². The van der Waals surface area contributed by atoms with Crippen molar-refractivity contribution in [2.45, 2.75) is 33.0 Å². The number of fused-ring (bicyclic) bond motifs is 1. The fourth-order valence-electron chi connectivity index (χ4n) is 2.03. The van der Waals surface area contributed by atoms with Crippen LogP contribution in [0.3, 0.4) is 0 Å². The summed E-state index contributed by atoms with van der Waals surface area (Å²) in [5.41, 5.74) is 8.33. The van der Waals surface area contributed by atoms with Crippen LogP contribution in [-0.4, -0.2) is 17.2 Å². The molecule has 2 rings (SSSR count). The molecule has 1 heterocycles. The highest BCUT2D eigenvalue weighted by Gasteiger charge is 2.03. The number of hydrogen-bond acceptors (Lipinski definition) is 2. The van der Waals surface area contributed by atoms with Crippen LogP contribution in [0, 0.1) is 0 Å². The van der Waals surface area contributed by atoms with Gasteiger partial charge in [-0.25, -0.2) is 0 Å². The van der Waals surface area contributed by atoms with Gasteiger partial charge in [-0.05, 0) is 43.4 Å². The monoisotopic (exact) mass is 232 g/mol. The average Bonchev–Trinajstić information content (AvgIpc) is 2.68. The number of nitrogens with zero attached hydrogens (tertiary/aromatic N) is 1. The molecule has 0 spiro atoms. The molecule has 0 aliphatic heterocycles. The summed E-state index contributed by atoms with van der Waals surface area (Å²) < 4.78 is 7.57. The molecule has 1 aromatic heterocycles. The Balaban J connectivity index is 2.29. The van der Waals surface area contributed by atoms with E-state index in [0.29, 0.717) is 6.73 Å². The maximum Gasteiger partial charge on any atom is 0.122 e. The Morgan fingerprint density at radius 1 is 1.35 bits per heavy atom. The number of ether oxygens (including phenoxy) is 1. The van der Waals surface area contributed by atoms with Gasteiger partial charge in [0.15, 0.2) is 0 Å². The van der Waals surface area contributed by atoms with Gasteiger partial charge in [0, 0.05) is 18.8 Å². The van der Waals surface area contributed by atoms with Gasteiger partial charge in [-0.2, -0.15) is 0 Å². The van der Waals surface area contributed by atoms with Crippen LogP contribution in [0.1, 0.15) is 19.4 Å². The highest BCUT2D eigenvalue weighted by molar-refractivity contribution is 5.80. The number of rotatable bonds is 5. The van der Waals surface area contributed by atoms with E-state index in [2.05, 4.69) is 35.0 Å². The molecule has 0 radical (unpaired) electrons. The van der Waals surface area contributed by atoms with E-state index in [1.54, 1.807) is 0 Å². The number of aromatic nitrogens is 1. The molecule has 0 aliphatic rings. The molecule has 92 valence electrons. The Bertz CT molecular complexity index is 488. The van der Waals surface area contributed by atoms with E-state index < -0.39 is 0 Å². The third-order valence-electron chi connectivity index (χ3n) is 2.83. The summed E-state index contributed by atoms with van der Waals surface area (Å²) in [7, 11) is 0. The molecular weight excluding hydrogens is 212 g/mol. The van der Waals surface area contributed by atoms with Gasteiger partial charge in [-0.1, -0.05) is 12.1 Å². The summed E-state index contributed by atoms with van der Waals surface area (Å²) in [6.45, 7) is 5.39. The molecule has 1 aromatic carbocycles. The molecule has 1 atom stereocenters. The van der Waals surface area contributed by atoms with Crippen molar-refractivity contribution in [3.8, 4) is 0 Å². The van der Waals surface area contributed by atoms with E-state index in [4.69, 9.17) is 10.5 Å². The van der Waals surface area contributed by atoms with Crippen molar-refractivity contribution in [3.63, 3.8) is 0 Å². The third-order valence-corrected chi connectivity index (χ3v) is 2.83. The van der Waals surface area contributed by atoms with Crippen LogP contribution in [0.4, 0.5) is 0 Å². The first-order valence-electron chi connectivity index (χ1n) is 6.12. The van der Waals surface area contributed by atoms with E-state index in [0.717, 1.165) is 13.0 Å². The first-order chi connectivity index (χ1) is 8.20. The molecule has 0 fully saturated rings. The molecule has 0 aliphatic carbocycles. The van der Waals surface area contributed by atoms with Gasteiger partial charge in [-0.15, -0.1) is 0 Å². The molecule has 0 bridgehead atoms. The molecule has 2 aromatic rings. The first-order valence-corrected chi connectivity index (χ1v) is 6.12. The smallest absolute Gasteiger partial charge is 0.122 e. The Morgan fingerprint density at radius 3 is 2.88 bits per heavy atom. The molecular formula is C14H20N2O. The SMILES string of the molecule is CCOCn1ccc2ccc(CC(C)N)cc21. The molecule has 2 N–H and O–H groups in total. The second kappa shape index (κ2) is 5.34. The fraction of sp³-hybridized carbons (Fsp3) is 0.429. The minimum Gasteiger partial charge on any atom is -0.361 e. The van der Waals surface area contributed by atoms with Gasteiger partial charge in [0.1, 0.15) is 6.73 Å². The van der Waals surface area contributed by atoms with Crippen LogP contribution in [0.15, 0.2) is 30.5 Å². The summed E-state index contributed by atoms with van der Waals surface area (Å²) >= 11 is 0. The standard InChI is InChI=1S/C14H20N2O/c1-3-17-10-16-7-6-13-5-4-12(8-11(2)15)9-14(13)16/h4-7,9,11H,3,8,10,15H2,1-2H3. The minimum absolute atomic E-state index is 0.197. The summed E-state index contributed by atoms with van der Waals surface area (Å²) in [6, 6.07) is 8.82. The summed E-state index contributed by atoms with van der Waals surface area (Å²) in [5, 5.41) is 1.25. The van der Waals surface area contributed by atoms with E-state index in [9.17, 15) is 0 Å². The molecule has 0 saturated carbocycles. The van der Waals surface area contributed by atoms with Crippen molar-refractivity contribution < 1.29 is 4.74 Å². The van der Waals surface area contributed by atoms with Crippen LogP contribution in [0.5, 0.6) is 0 Å². The molecule has 0 amide bonds. The zero-order valence-electron chi connectivity index (χ0n) is 10.5. The van der Waals surface area contributed by atoms with Gasteiger partial charge < -0.3 is 15.0 Å². The Kier molecular flexibility index (Phi) is 3.82. The predicted octanol–water partition coefficient (Wildman–Crippen LogP) is 2.53. The van der Waals surface area contributed by atoms with Gasteiger partial charge in [-0.3, -0.25) is 0 Å². The van der Waals surface area contributed by atoms with E-state index in [-0.39, 0.29) is 6.04 Å². The van der Waals surface area contributed by atoms with E-state index in [1.165, 1.54) is 16.5 Å². The normalized spacial score (nSPS) is 13.1. The maximum atomic E-state index is 5.83. The second-order valence-corrected chi connectivity index (χ2v) is 4.48. The van der Waals surface area contributed by atoms with Gasteiger partial charge in [0.05, 0.1) is 5.52 Å². The zero-order chi connectivity index (χ0) is 12.3. The highest BCUT2D eigenvalue weighted by Crippen LogP contribution is 2.18. The molecule has 17 heavy (non-hydrogen) atoms. The van der Waals surface area contributed by atoms with Crippen molar-refractivity contribution in [2.75, 3.05) is 6.61 Å². The van der Waals surface area contributed by atoms with Crippen molar-refractivity contribution in [2.24, 2.45) is 5.73 Å². The zero-order valence-corrected chi connectivity index (χ0v) is 10.5. The average molecular weight is 232 g/mol. The number of hydrogen-bond donors (Lipinski definition) is 1. The van der Waals surface area contributed by atoms with Gasteiger partial charge in [0.25, 0.3) is 0 Å². The quantitative estimate of drug-likeness (QED) is 0.860. The predicted molar refractivity (Wildman–Crippen MR) is 70.9 cm³/mol. The summed E-state index contributed by atoms with van der Waals surface area (Å²) in [4.78, 5) is 0. The van der Waals surface area contributed by atoms with E-state index in [1.807, 2.05) is 13.8 Å². The Labute approximate surface area is 102 Å². The number of nitrogens with two attached hydrogens (primary N) is 1. The maximum absolute atomic E-state index is 5.83. The third kappa shape index (κ3) is 2.87. The van der Waals surface area contributed by atoms with Crippen molar-refractivity contribution in [3.05, 3.63) is 36.0 Å². The van der Waals surface area contributed by atoms with Crippen LogP contribution < -0.4 is 5.73 Å². The lowest BCUT2D eigenvalue weighted by Gasteiger charge is -2.08. The van der Waals surface area contributed by atoms with Crippen molar-refractivity contribution >= 4 is 10.9 Å². The van der Waals surface area contributed by atoms with E-state index >= 15 is 0 Å². The second-order valence-electron chi connectivity index (χ2n) is 4.48. The minimum atomic E-state index is 0.197. The first kappa shape index (κ1) is 12.1. The van der Waals surface area contributed by atoms with Crippen molar-refractivity contribution in [1.82, 2.24) is 4.57 Å². The number of benzene rings is 1. The molecule has 3 heteroatoms. The summed E-state index contributed by atoms with van der Waals surface area (Å²) in [6.07, 6.45) is 2.98. The lowest BCUT2D eigenvalue weighted by atomic mass is 10.1.